The van der Waals surface area contributed by atoms with E-state index in [1.54, 1.807) is 0 Å². The summed E-state index contributed by atoms with van der Waals surface area (Å²) in [7, 11) is -3.25. The monoisotopic (exact) mass is 267 g/mol. The van der Waals surface area contributed by atoms with E-state index in [-0.39, 0.29) is 10.7 Å². The van der Waals surface area contributed by atoms with Crippen molar-refractivity contribution in [3.8, 4) is 5.69 Å². The summed E-state index contributed by atoms with van der Waals surface area (Å²) < 4.78 is 23.8. The number of rotatable bonds is 3. The Kier molecular flexibility index (Phi) is 2.87. The first kappa shape index (κ1) is 12.2. The third-order valence-electron chi connectivity index (χ3n) is 2.29. The Morgan fingerprint density at radius 2 is 1.83 bits per heavy atom. The van der Waals surface area contributed by atoms with Crippen LogP contribution in [0.5, 0.6) is 0 Å². The average molecular weight is 267 g/mol. The molecule has 94 valence electrons. The molecule has 0 atom stereocenters. The van der Waals surface area contributed by atoms with Crippen LogP contribution < -0.4 is 0 Å². The molecule has 0 unspecified atom stereocenters. The molecule has 0 radical (unpaired) electrons. The van der Waals surface area contributed by atoms with Gasteiger partial charge in [0, 0.05) is 6.26 Å². The summed E-state index contributed by atoms with van der Waals surface area (Å²) in [6, 6.07) is 7.20. The molecule has 18 heavy (non-hydrogen) atoms. The Labute approximate surface area is 103 Å². The van der Waals surface area contributed by atoms with Gasteiger partial charge in [-0.25, -0.2) is 8.42 Å². The van der Waals surface area contributed by atoms with Crippen LogP contribution in [-0.2, 0) is 9.84 Å². The molecule has 0 N–H and O–H groups in total. The topological polar surface area (TPSA) is 95.1 Å². The fourth-order valence-electron chi connectivity index (χ4n) is 1.40. The highest BCUT2D eigenvalue weighted by atomic mass is 32.2. The van der Waals surface area contributed by atoms with Crippen molar-refractivity contribution in [1.82, 2.24) is 9.78 Å². The molecule has 0 saturated carbocycles. The van der Waals surface area contributed by atoms with Crippen LogP contribution in [0, 0.1) is 10.1 Å². The second-order valence-corrected chi connectivity index (χ2v) is 5.66. The summed E-state index contributed by atoms with van der Waals surface area (Å²) in [5.74, 6) is -0.262. The third-order valence-corrected chi connectivity index (χ3v) is 3.42. The normalized spacial score (nSPS) is 11.4. The number of hydrogen-bond donors (Lipinski definition) is 0. The van der Waals surface area contributed by atoms with E-state index in [9.17, 15) is 18.5 Å². The minimum absolute atomic E-state index is 0.188. The molecule has 7 nitrogen and oxygen atoms in total. The lowest BCUT2D eigenvalue weighted by Gasteiger charge is -1.99. The Balaban J connectivity index is 2.37. The van der Waals surface area contributed by atoms with Gasteiger partial charge >= 0.3 is 5.82 Å². The molecule has 0 fully saturated rings. The van der Waals surface area contributed by atoms with Crippen LogP contribution in [0.15, 0.2) is 41.4 Å². The molecule has 0 aliphatic heterocycles. The van der Waals surface area contributed by atoms with E-state index >= 15 is 0 Å². The Morgan fingerprint density at radius 3 is 2.28 bits per heavy atom. The highest BCUT2D eigenvalue weighted by Crippen LogP contribution is 2.15. The molecule has 2 rings (SSSR count). The second kappa shape index (κ2) is 4.22. The highest BCUT2D eigenvalue weighted by molar-refractivity contribution is 7.90. The predicted octanol–water partition coefficient (Wildman–Crippen LogP) is 1.18. The molecular formula is C10H9N3O4S. The Morgan fingerprint density at radius 1 is 1.22 bits per heavy atom. The van der Waals surface area contributed by atoms with Crippen LogP contribution in [0.1, 0.15) is 0 Å². The maximum Gasteiger partial charge on any atom is 0.390 e. The van der Waals surface area contributed by atoms with Crippen LogP contribution in [0.4, 0.5) is 5.82 Å². The van der Waals surface area contributed by atoms with Crippen molar-refractivity contribution in [1.29, 1.82) is 0 Å². The maximum absolute atomic E-state index is 11.3. The van der Waals surface area contributed by atoms with Gasteiger partial charge < -0.3 is 10.1 Å². The molecule has 2 aromatic rings. The first-order valence-corrected chi connectivity index (χ1v) is 6.77. The molecule has 0 aliphatic rings. The van der Waals surface area contributed by atoms with Gasteiger partial charge in [-0.15, -0.1) is 4.68 Å². The molecule has 0 aliphatic carbocycles. The van der Waals surface area contributed by atoms with Gasteiger partial charge in [-0.2, -0.15) is 0 Å². The van der Waals surface area contributed by atoms with Gasteiger partial charge in [-0.1, -0.05) is 0 Å². The maximum atomic E-state index is 11.3. The summed E-state index contributed by atoms with van der Waals surface area (Å²) in [5.41, 5.74) is 0.551. The van der Waals surface area contributed by atoms with Gasteiger partial charge in [0.25, 0.3) is 0 Å². The average Bonchev–Trinajstić information content (AvgIpc) is 2.77. The zero-order valence-electron chi connectivity index (χ0n) is 9.35. The van der Waals surface area contributed by atoms with Gasteiger partial charge in [-0.05, 0) is 29.2 Å². The number of nitro groups is 1. The molecule has 0 bridgehead atoms. The SMILES string of the molecule is CS(=O)(=O)c1ccc(-n2ccc([N+](=O)[O-])n2)cc1. The summed E-state index contributed by atoms with van der Waals surface area (Å²) in [4.78, 5) is 10.1. The van der Waals surface area contributed by atoms with E-state index in [4.69, 9.17) is 0 Å². The van der Waals surface area contributed by atoms with Crippen molar-refractivity contribution in [3.63, 3.8) is 0 Å². The van der Waals surface area contributed by atoms with Gasteiger partial charge in [0.15, 0.2) is 9.84 Å². The first-order chi connectivity index (χ1) is 8.38. The van der Waals surface area contributed by atoms with Crippen LogP contribution in [-0.4, -0.2) is 29.4 Å². The second-order valence-electron chi connectivity index (χ2n) is 3.64. The van der Waals surface area contributed by atoms with E-state index in [0.29, 0.717) is 5.69 Å². The van der Waals surface area contributed by atoms with E-state index in [1.165, 1.54) is 41.2 Å². The van der Waals surface area contributed by atoms with Crippen LogP contribution in [0.2, 0.25) is 0 Å². The fourth-order valence-corrected chi connectivity index (χ4v) is 2.03. The van der Waals surface area contributed by atoms with Gasteiger partial charge in [0.05, 0.1) is 27.9 Å². The number of benzene rings is 1. The van der Waals surface area contributed by atoms with Crippen molar-refractivity contribution in [2.75, 3.05) is 6.26 Å². The predicted molar refractivity (Wildman–Crippen MR) is 63.3 cm³/mol. The number of sulfone groups is 1. The van der Waals surface area contributed by atoms with E-state index in [0.717, 1.165) is 6.26 Å². The summed E-state index contributed by atoms with van der Waals surface area (Å²) in [5, 5.41) is 14.2. The van der Waals surface area contributed by atoms with Crippen LogP contribution in [0.3, 0.4) is 0 Å². The smallest absolute Gasteiger partial charge is 0.358 e. The molecule has 1 aromatic carbocycles. The van der Waals surface area contributed by atoms with Crippen molar-refractivity contribution in [2.24, 2.45) is 0 Å². The molecule has 0 amide bonds. The third kappa shape index (κ3) is 2.38. The van der Waals surface area contributed by atoms with E-state index in [1.807, 2.05) is 0 Å². The zero-order chi connectivity index (χ0) is 13.3. The molecule has 1 heterocycles. The van der Waals surface area contributed by atoms with Crippen molar-refractivity contribution >= 4 is 15.7 Å². The van der Waals surface area contributed by atoms with Crippen LogP contribution in [0.25, 0.3) is 5.69 Å². The molecule has 1 aromatic heterocycles. The zero-order valence-corrected chi connectivity index (χ0v) is 10.2. The fraction of sp³-hybridized carbons (Fsp3) is 0.100. The quantitative estimate of drug-likeness (QED) is 0.614. The first-order valence-electron chi connectivity index (χ1n) is 4.88. The van der Waals surface area contributed by atoms with Crippen LogP contribution >= 0.6 is 0 Å². The van der Waals surface area contributed by atoms with Crippen molar-refractivity contribution in [3.05, 3.63) is 46.6 Å². The summed E-state index contributed by atoms with van der Waals surface area (Å²) >= 11 is 0. The van der Waals surface area contributed by atoms with Gasteiger partial charge in [0.1, 0.15) is 0 Å². The minimum atomic E-state index is -3.25. The van der Waals surface area contributed by atoms with Crippen molar-refractivity contribution in [2.45, 2.75) is 4.90 Å². The van der Waals surface area contributed by atoms with Gasteiger partial charge in [-0.3, -0.25) is 0 Å². The standard InChI is InChI=1S/C10H9N3O4S/c1-18(16,17)9-4-2-8(3-5-9)12-7-6-10(11-12)13(14)15/h2-7H,1H3. The highest BCUT2D eigenvalue weighted by Gasteiger charge is 2.13. The largest absolute Gasteiger partial charge is 0.390 e. The van der Waals surface area contributed by atoms with Gasteiger partial charge in [0.2, 0.25) is 0 Å². The van der Waals surface area contributed by atoms with E-state index < -0.39 is 14.8 Å². The Hall–Kier alpha value is -2.22. The minimum Gasteiger partial charge on any atom is -0.358 e. The number of aromatic nitrogens is 2. The summed E-state index contributed by atoms with van der Waals surface area (Å²) in [6.07, 6.45) is 2.55. The number of hydrogen-bond acceptors (Lipinski definition) is 5. The summed E-state index contributed by atoms with van der Waals surface area (Å²) in [6.45, 7) is 0. The van der Waals surface area contributed by atoms with E-state index in [2.05, 4.69) is 5.10 Å². The molecule has 0 spiro atoms. The molecular weight excluding hydrogens is 258 g/mol. The Bertz CT molecular complexity index is 688. The lowest BCUT2D eigenvalue weighted by Crippen LogP contribution is -1.99. The molecule has 8 heteroatoms. The lowest BCUT2D eigenvalue weighted by atomic mass is 10.3. The van der Waals surface area contributed by atoms with Crippen molar-refractivity contribution < 1.29 is 13.3 Å². The molecule has 0 saturated heterocycles. The lowest BCUT2D eigenvalue weighted by molar-refractivity contribution is -0.389. The number of nitrogens with zero attached hydrogens (tertiary/aromatic N) is 3.